The number of methoxy groups -OCH3 is 1. The number of nitrogens with zero attached hydrogens (tertiary/aromatic N) is 3. The molecule has 0 aliphatic heterocycles. The molecule has 8 heteroatoms. The van der Waals surface area contributed by atoms with Crippen molar-refractivity contribution >= 4 is 17.4 Å². The van der Waals surface area contributed by atoms with Gasteiger partial charge in [0.1, 0.15) is 17.8 Å². The highest BCUT2D eigenvalue weighted by molar-refractivity contribution is 6.00. The van der Waals surface area contributed by atoms with Crippen molar-refractivity contribution in [1.82, 2.24) is 15.0 Å². The zero-order valence-corrected chi connectivity index (χ0v) is 21.6. The minimum Gasteiger partial charge on any atom is -0.495 e. The second-order valence-electron chi connectivity index (χ2n) is 9.41. The predicted octanol–water partition coefficient (Wildman–Crippen LogP) is 7.34. The van der Waals surface area contributed by atoms with E-state index in [1.165, 1.54) is 44.0 Å². The smallest absolute Gasteiger partial charge is 0.323 e. The van der Waals surface area contributed by atoms with Gasteiger partial charge in [-0.3, -0.25) is 0 Å². The molecule has 0 atom stereocenters. The first kappa shape index (κ1) is 25.2. The van der Waals surface area contributed by atoms with Gasteiger partial charge < -0.3 is 20.1 Å². The minimum absolute atomic E-state index is 0.340. The highest BCUT2D eigenvalue weighted by Gasteiger charge is 2.18. The second kappa shape index (κ2) is 11.7. The van der Waals surface area contributed by atoms with Gasteiger partial charge in [-0.05, 0) is 85.3 Å². The summed E-state index contributed by atoms with van der Waals surface area (Å²) in [5, 5.41) is 5.88. The standard InChI is InChI=1S/C30H31N5O3/c1-20-17-23(11-13-27(20)38-29-24(9-6-15-32-29)25-14-16-31-19-33-25)34-30(36)35-26-18-22(10-12-28(26)37-2)21-7-4-3-5-8-21/h6,9-19,21H,3-5,7-8H2,1-2H3,(H2,34,35,36). The molecule has 2 heterocycles. The van der Waals surface area contributed by atoms with Crippen LogP contribution in [0.3, 0.4) is 0 Å². The zero-order valence-electron chi connectivity index (χ0n) is 21.6. The number of benzene rings is 2. The third-order valence-corrected chi connectivity index (χ3v) is 6.82. The molecule has 4 aromatic rings. The monoisotopic (exact) mass is 509 g/mol. The van der Waals surface area contributed by atoms with Crippen LogP contribution >= 0.6 is 0 Å². The molecule has 2 aromatic heterocycles. The van der Waals surface area contributed by atoms with Gasteiger partial charge in [0.05, 0.1) is 24.1 Å². The summed E-state index contributed by atoms with van der Waals surface area (Å²) >= 11 is 0. The Morgan fingerprint density at radius 1 is 0.921 bits per heavy atom. The number of hydrogen-bond acceptors (Lipinski definition) is 6. The Labute approximate surface area is 222 Å². The second-order valence-corrected chi connectivity index (χ2v) is 9.41. The maximum Gasteiger partial charge on any atom is 0.323 e. The molecule has 1 saturated carbocycles. The summed E-state index contributed by atoms with van der Waals surface area (Å²) in [6.45, 7) is 1.92. The van der Waals surface area contributed by atoms with E-state index in [2.05, 4.69) is 31.7 Å². The number of carbonyl (C=O) groups excluding carboxylic acids is 1. The molecule has 2 aromatic carbocycles. The zero-order chi connectivity index (χ0) is 26.3. The molecule has 1 aliphatic rings. The summed E-state index contributed by atoms with van der Waals surface area (Å²) in [7, 11) is 1.61. The van der Waals surface area contributed by atoms with E-state index in [0.29, 0.717) is 34.7 Å². The lowest BCUT2D eigenvalue weighted by molar-refractivity contribution is 0.262. The largest absolute Gasteiger partial charge is 0.495 e. The quantitative estimate of drug-likeness (QED) is 0.270. The molecule has 0 unspecified atom stereocenters. The number of anilines is 2. The number of amides is 2. The van der Waals surface area contributed by atoms with E-state index >= 15 is 0 Å². The fourth-order valence-electron chi connectivity index (χ4n) is 4.86. The van der Waals surface area contributed by atoms with Gasteiger partial charge in [0, 0.05) is 18.1 Å². The molecule has 0 spiro atoms. The molecule has 1 fully saturated rings. The molecule has 0 saturated heterocycles. The number of hydrogen-bond donors (Lipinski definition) is 2. The van der Waals surface area contributed by atoms with Gasteiger partial charge in [0.2, 0.25) is 5.88 Å². The third kappa shape index (κ3) is 5.91. The van der Waals surface area contributed by atoms with Gasteiger partial charge in [0.15, 0.2) is 0 Å². The fraction of sp³-hybridized carbons (Fsp3) is 0.267. The maximum absolute atomic E-state index is 12.9. The summed E-state index contributed by atoms with van der Waals surface area (Å²) in [6.07, 6.45) is 11.0. The number of nitrogens with one attached hydrogen (secondary N) is 2. The van der Waals surface area contributed by atoms with E-state index in [4.69, 9.17) is 9.47 Å². The topological polar surface area (TPSA) is 98.3 Å². The molecule has 2 N–H and O–H groups in total. The summed E-state index contributed by atoms with van der Waals surface area (Å²) in [4.78, 5) is 25.6. The van der Waals surface area contributed by atoms with Crippen LogP contribution in [0.1, 0.15) is 49.1 Å². The van der Waals surface area contributed by atoms with Crippen LogP contribution in [0.25, 0.3) is 11.3 Å². The molecule has 1 aliphatic carbocycles. The Morgan fingerprint density at radius 2 is 1.76 bits per heavy atom. The molecule has 194 valence electrons. The molecule has 5 rings (SSSR count). The normalized spacial score (nSPS) is 13.5. The van der Waals surface area contributed by atoms with Gasteiger partial charge >= 0.3 is 6.03 Å². The van der Waals surface area contributed by atoms with Gasteiger partial charge in [-0.15, -0.1) is 0 Å². The van der Waals surface area contributed by atoms with Crippen LogP contribution in [0.2, 0.25) is 0 Å². The van der Waals surface area contributed by atoms with Gasteiger partial charge in [-0.2, -0.15) is 0 Å². The number of pyridine rings is 1. The Balaban J connectivity index is 1.28. The van der Waals surface area contributed by atoms with E-state index in [-0.39, 0.29) is 6.03 Å². The summed E-state index contributed by atoms with van der Waals surface area (Å²) in [6, 6.07) is 16.8. The molecular weight excluding hydrogens is 478 g/mol. The molecule has 0 radical (unpaired) electrons. The van der Waals surface area contributed by atoms with Crippen molar-refractivity contribution in [2.45, 2.75) is 44.9 Å². The van der Waals surface area contributed by atoms with Crippen molar-refractivity contribution < 1.29 is 14.3 Å². The van der Waals surface area contributed by atoms with Crippen molar-refractivity contribution in [2.24, 2.45) is 0 Å². The maximum atomic E-state index is 12.9. The first-order valence-electron chi connectivity index (χ1n) is 12.9. The fourth-order valence-corrected chi connectivity index (χ4v) is 4.86. The Morgan fingerprint density at radius 3 is 2.53 bits per heavy atom. The summed E-state index contributed by atoms with van der Waals surface area (Å²) in [5.41, 5.74) is 4.89. The van der Waals surface area contributed by atoms with Crippen molar-refractivity contribution in [3.63, 3.8) is 0 Å². The Bertz CT molecular complexity index is 1400. The van der Waals surface area contributed by atoms with Crippen LogP contribution < -0.4 is 20.1 Å². The van der Waals surface area contributed by atoms with E-state index in [9.17, 15) is 4.79 Å². The average Bonchev–Trinajstić information content (AvgIpc) is 2.95. The SMILES string of the molecule is COc1ccc(C2CCCCC2)cc1NC(=O)Nc1ccc(Oc2ncccc2-c2ccncn2)c(C)c1. The average molecular weight is 510 g/mol. The number of urea groups is 1. The number of rotatable bonds is 7. The van der Waals surface area contributed by atoms with Crippen LogP contribution in [0, 0.1) is 6.92 Å². The van der Waals surface area contributed by atoms with Gasteiger partial charge in [0.25, 0.3) is 0 Å². The van der Waals surface area contributed by atoms with Crippen LogP contribution in [0.5, 0.6) is 17.4 Å². The first-order valence-corrected chi connectivity index (χ1v) is 12.9. The molecule has 0 bridgehead atoms. The van der Waals surface area contributed by atoms with Crippen LogP contribution in [0.15, 0.2) is 73.3 Å². The lowest BCUT2D eigenvalue weighted by atomic mass is 9.84. The van der Waals surface area contributed by atoms with Gasteiger partial charge in [-0.1, -0.05) is 25.3 Å². The molecule has 38 heavy (non-hydrogen) atoms. The minimum atomic E-state index is -0.340. The van der Waals surface area contributed by atoms with Crippen molar-refractivity contribution in [2.75, 3.05) is 17.7 Å². The predicted molar refractivity (Wildman–Crippen MR) is 148 cm³/mol. The molecular formula is C30H31N5O3. The number of ether oxygens (including phenoxy) is 2. The van der Waals surface area contributed by atoms with E-state index in [0.717, 1.165) is 16.8 Å². The highest BCUT2D eigenvalue weighted by Crippen LogP contribution is 2.37. The summed E-state index contributed by atoms with van der Waals surface area (Å²) in [5.74, 6) is 2.24. The van der Waals surface area contributed by atoms with Crippen molar-refractivity contribution in [3.8, 4) is 28.6 Å². The van der Waals surface area contributed by atoms with Crippen molar-refractivity contribution in [3.05, 3.63) is 84.4 Å². The van der Waals surface area contributed by atoms with E-state index in [1.54, 1.807) is 25.6 Å². The van der Waals surface area contributed by atoms with Crippen molar-refractivity contribution in [1.29, 1.82) is 0 Å². The Kier molecular flexibility index (Phi) is 7.78. The number of aryl methyl sites for hydroxylation is 1. The number of carbonyl (C=O) groups is 1. The van der Waals surface area contributed by atoms with E-state index < -0.39 is 0 Å². The molecule has 2 amide bonds. The van der Waals surface area contributed by atoms with Crippen LogP contribution in [0.4, 0.5) is 16.2 Å². The van der Waals surface area contributed by atoms with Crippen LogP contribution in [-0.4, -0.2) is 28.1 Å². The van der Waals surface area contributed by atoms with Crippen LogP contribution in [-0.2, 0) is 0 Å². The third-order valence-electron chi connectivity index (χ3n) is 6.82. The highest BCUT2D eigenvalue weighted by atomic mass is 16.5. The lowest BCUT2D eigenvalue weighted by Gasteiger charge is -2.23. The Hall–Kier alpha value is -4.46. The van der Waals surface area contributed by atoms with Gasteiger partial charge in [-0.25, -0.2) is 19.7 Å². The lowest BCUT2D eigenvalue weighted by Crippen LogP contribution is -2.20. The number of aromatic nitrogens is 3. The first-order chi connectivity index (χ1) is 18.6. The summed E-state index contributed by atoms with van der Waals surface area (Å²) < 4.78 is 11.6. The van der Waals surface area contributed by atoms with E-state index in [1.807, 2.05) is 49.4 Å². The molecule has 8 nitrogen and oxygen atoms in total.